The van der Waals surface area contributed by atoms with E-state index in [1.807, 2.05) is 36.5 Å². The van der Waals surface area contributed by atoms with E-state index in [1.165, 1.54) is 6.42 Å². The number of nitrogens with zero attached hydrogens (tertiary/aromatic N) is 2. The van der Waals surface area contributed by atoms with Crippen molar-refractivity contribution in [2.75, 3.05) is 13.4 Å². The minimum absolute atomic E-state index is 0.0646. The van der Waals surface area contributed by atoms with Gasteiger partial charge in [0.05, 0.1) is 0 Å². The first kappa shape index (κ1) is 15.5. The van der Waals surface area contributed by atoms with Crippen LogP contribution >= 0.6 is 0 Å². The summed E-state index contributed by atoms with van der Waals surface area (Å²) in [7, 11) is 0. The average molecular weight is 352 g/mol. The number of imidazole rings is 1. The molecule has 26 heavy (non-hydrogen) atoms. The van der Waals surface area contributed by atoms with Gasteiger partial charge in [-0.3, -0.25) is 0 Å². The van der Waals surface area contributed by atoms with E-state index >= 15 is 0 Å². The molecule has 0 N–H and O–H groups in total. The number of rotatable bonds is 4. The highest BCUT2D eigenvalue weighted by atomic mass is 16.7. The van der Waals surface area contributed by atoms with Crippen molar-refractivity contribution in [1.29, 1.82) is 0 Å². The van der Waals surface area contributed by atoms with E-state index in [2.05, 4.69) is 9.55 Å². The fraction of sp³-hybridized carbons (Fsp3) is 0.350. The fourth-order valence-electron chi connectivity index (χ4n) is 3.51. The molecule has 0 amide bonds. The quantitative estimate of drug-likeness (QED) is 0.705. The second-order valence-corrected chi connectivity index (χ2v) is 6.62. The van der Waals surface area contributed by atoms with Gasteiger partial charge in [0.15, 0.2) is 23.1 Å². The summed E-state index contributed by atoms with van der Waals surface area (Å²) in [6, 6.07) is 9.98. The van der Waals surface area contributed by atoms with Crippen molar-refractivity contribution in [1.82, 2.24) is 9.55 Å². The maximum absolute atomic E-state index is 6.07. The van der Waals surface area contributed by atoms with Gasteiger partial charge in [-0.1, -0.05) is 6.07 Å². The Balaban J connectivity index is 1.38. The van der Waals surface area contributed by atoms with Crippen LogP contribution < -0.4 is 9.47 Å². The molecule has 3 aromatic rings. The van der Waals surface area contributed by atoms with Gasteiger partial charge in [0.2, 0.25) is 6.79 Å². The van der Waals surface area contributed by atoms with Gasteiger partial charge < -0.3 is 23.2 Å². The van der Waals surface area contributed by atoms with Crippen molar-refractivity contribution in [2.45, 2.75) is 31.9 Å². The SMILES string of the molecule is c1cn(Cc2ccc3c(c2)OCO3)c(-c2ccc([C@@H]3CCCCO3)o2)n1. The first-order valence-corrected chi connectivity index (χ1v) is 8.98. The second kappa shape index (κ2) is 6.53. The lowest BCUT2D eigenvalue weighted by atomic mass is 10.1. The molecule has 5 rings (SSSR count). The lowest BCUT2D eigenvalue weighted by Gasteiger charge is -2.20. The van der Waals surface area contributed by atoms with E-state index in [1.54, 1.807) is 6.20 Å². The van der Waals surface area contributed by atoms with Crippen LogP contribution in [0.4, 0.5) is 0 Å². The lowest BCUT2D eigenvalue weighted by Crippen LogP contribution is -2.10. The number of furan rings is 1. The molecule has 0 bridgehead atoms. The van der Waals surface area contributed by atoms with Gasteiger partial charge in [0, 0.05) is 25.5 Å². The topological polar surface area (TPSA) is 58.7 Å². The highest BCUT2D eigenvalue weighted by molar-refractivity contribution is 5.49. The zero-order valence-electron chi connectivity index (χ0n) is 14.4. The predicted molar refractivity (Wildman–Crippen MR) is 94.1 cm³/mol. The van der Waals surface area contributed by atoms with Gasteiger partial charge in [-0.25, -0.2) is 4.98 Å². The van der Waals surface area contributed by atoms with E-state index in [0.717, 1.165) is 53.9 Å². The molecule has 2 aliphatic rings. The third kappa shape index (κ3) is 2.86. The van der Waals surface area contributed by atoms with Gasteiger partial charge in [-0.15, -0.1) is 0 Å². The molecule has 0 radical (unpaired) electrons. The Morgan fingerprint density at radius 1 is 1.08 bits per heavy atom. The molecule has 1 atom stereocenters. The lowest BCUT2D eigenvalue weighted by molar-refractivity contribution is 0.00218. The van der Waals surface area contributed by atoms with Gasteiger partial charge in [0.1, 0.15) is 11.9 Å². The van der Waals surface area contributed by atoms with Crippen molar-refractivity contribution in [3.8, 4) is 23.1 Å². The Morgan fingerprint density at radius 2 is 2.04 bits per heavy atom. The molecule has 2 aromatic heterocycles. The van der Waals surface area contributed by atoms with E-state index in [4.69, 9.17) is 18.6 Å². The van der Waals surface area contributed by atoms with Crippen molar-refractivity contribution in [2.24, 2.45) is 0 Å². The average Bonchev–Trinajstić information content (AvgIpc) is 3.42. The Morgan fingerprint density at radius 3 is 2.96 bits per heavy atom. The molecule has 1 saturated heterocycles. The number of fused-ring (bicyclic) bond motifs is 1. The molecule has 6 heteroatoms. The molecular formula is C20H20N2O4. The number of aromatic nitrogens is 2. The molecule has 0 unspecified atom stereocenters. The van der Waals surface area contributed by atoms with Crippen LogP contribution in [0.1, 0.15) is 36.7 Å². The molecule has 6 nitrogen and oxygen atoms in total. The van der Waals surface area contributed by atoms with Crippen molar-refractivity contribution < 1.29 is 18.6 Å². The van der Waals surface area contributed by atoms with Gasteiger partial charge >= 0.3 is 0 Å². The van der Waals surface area contributed by atoms with Crippen LogP contribution in [0.15, 0.2) is 47.1 Å². The molecule has 0 aliphatic carbocycles. The summed E-state index contributed by atoms with van der Waals surface area (Å²) in [5.41, 5.74) is 1.12. The smallest absolute Gasteiger partial charge is 0.231 e. The van der Waals surface area contributed by atoms with Gasteiger partial charge in [-0.05, 0) is 49.1 Å². The minimum Gasteiger partial charge on any atom is -0.455 e. The zero-order chi connectivity index (χ0) is 17.3. The highest BCUT2D eigenvalue weighted by Crippen LogP contribution is 2.34. The molecule has 0 spiro atoms. The summed E-state index contributed by atoms with van der Waals surface area (Å²) in [5, 5.41) is 0. The first-order valence-electron chi connectivity index (χ1n) is 8.98. The summed E-state index contributed by atoms with van der Waals surface area (Å²) in [6.45, 7) is 1.77. The van der Waals surface area contributed by atoms with Crippen LogP contribution in [0.3, 0.4) is 0 Å². The van der Waals surface area contributed by atoms with Crippen LogP contribution in [-0.2, 0) is 11.3 Å². The van der Waals surface area contributed by atoms with E-state index in [-0.39, 0.29) is 12.9 Å². The molecule has 134 valence electrons. The van der Waals surface area contributed by atoms with Crippen molar-refractivity contribution >= 4 is 0 Å². The summed E-state index contributed by atoms with van der Waals surface area (Å²) in [6.07, 6.45) is 7.14. The summed E-state index contributed by atoms with van der Waals surface area (Å²) in [5.74, 6) is 4.05. The van der Waals surface area contributed by atoms with Crippen LogP contribution in [0.5, 0.6) is 11.5 Å². The van der Waals surface area contributed by atoms with Crippen molar-refractivity contribution in [3.05, 3.63) is 54.0 Å². The third-order valence-electron chi connectivity index (χ3n) is 4.85. The van der Waals surface area contributed by atoms with Crippen LogP contribution in [0.2, 0.25) is 0 Å². The largest absolute Gasteiger partial charge is 0.455 e. The van der Waals surface area contributed by atoms with E-state index in [9.17, 15) is 0 Å². The van der Waals surface area contributed by atoms with E-state index in [0.29, 0.717) is 6.54 Å². The van der Waals surface area contributed by atoms with Crippen molar-refractivity contribution in [3.63, 3.8) is 0 Å². The molecule has 1 fully saturated rings. The van der Waals surface area contributed by atoms with Crippen LogP contribution in [0, 0.1) is 0 Å². The minimum atomic E-state index is 0.0646. The number of hydrogen-bond acceptors (Lipinski definition) is 5. The third-order valence-corrected chi connectivity index (χ3v) is 4.85. The normalized spacial score (nSPS) is 19.0. The maximum atomic E-state index is 6.07. The number of benzene rings is 1. The molecule has 0 saturated carbocycles. The summed E-state index contributed by atoms with van der Waals surface area (Å²) in [4.78, 5) is 4.49. The standard InChI is InChI=1S/C20H20N2O4/c1-2-10-23-15(3-1)17-6-7-18(26-17)20-21-8-9-22(20)12-14-4-5-16-19(11-14)25-13-24-16/h4-9,11,15H,1-3,10,12-13H2/t15-/m0/s1. The number of hydrogen-bond donors (Lipinski definition) is 0. The summed E-state index contributed by atoms with van der Waals surface area (Å²) < 4.78 is 24.8. The monoisotopic (exact) mass is 352 g/mol. The molecule has 2 aliphatic heterocycles. The predicted octanol–water partition coefficient (Wildman–Crippen LogP) is 4.16. The first-order chi connectivity index (χ1) is 12.9. The van der Waals surface area contributed by atoms with E-state index < -0.39 is 0 Å². The second-order valence-electron chi connectivity index (χ2n) is 6.62. The molecule has 4 heterocycles. The van der Waals surface area contributed by atoms with Crippen LogP contribution in [-0.4, -0.2) is 23.0 Å². The van der Waals surface area contributed by atoms with Gasteiger partial charge in [-0.2, -0.15) is 0 Å². The number of ether oxygens (including phenoxy) is 3. The van der Waals surface area contributed by atoms with Gasteiger partial charge in [0.25, 0.3) is 0 Å². The maximum Gasteiger partial charge on any atom is 0.231 e. The zero-order valence-corrected chi connectivity index (χ0v) is 14.4. The Kier molecular flexibility index (Phi) is 3.90. The fourth-order valence-corrected chi connectivity index (χ4v) is 3.51. The van der Waals surface area contributed by atoms with Crippen LogP contribution in [0.25, 0.3) is 11.6 Å². The molecular weight excluding hydrogens is 332 g/mol. The Bertz CT molecular complexity index is 908. The Labute approximate surface area is 151 Å². The Hall–Kier alpha value is -2.73. The molecule has 1 aromatic carbocycles. The summed E-state index contributed by atoms with van der Waals surface area (Å²) >= 11 is 0. The highest BCUT2D eigenvalue weighted by Gasteiger charge is 2.21.